The number of benzene rings is 1. The molecule has 122 valence electrons. The van der Waals surface area contributed by atoms with Crippen molar-refractivity contribution in [2.45, 2.75) is 6.42 Å². The number of aromatic nitrogens is 1. The van der Waals surface area contributed by atoms with Gasteiger partial charge < -0.3 is 10.1 Å². The van der Waals surface area contributed by atoms with Crippen molar-refractivity contribution in [1.29, 1.82) is 0 Å². The lowest BCUT2D eigenvalue weighted by molar-refractivity contribution is -0.117. The zero-order valence-electron chi connectivity index (χ0n) is 13.3. The van der Waals surface area contributed by atoms with Crippen LogP contribution in [0.5, 0.6) is 5.75 Å². The lowest BCUT2D eigenvalue weighted by Gasteiger charge is -2.17. The van der Waals surface area contributed by atoms with E-state index in [1.807, 2.05) is 24.1 Å². The quantitative estimate of drug-likeness (QED) is 0.846. The van der Waals surface area contributed by atoms with Gasteiger partial charge in [-0.25, -0.2) is 0 Å². The maximum Gasteiger partial charge on any atom is 0.238 e. The van der Waals surface area contributed by atoms with Gasteiger partial charge in [-0.3, -0.25) is 14.7 Å². The molecule has 6 heteroatoms. The maximum absolute atomic E-state index is 12.2. The van der Waals surface area contributed by atoms with Gasteiger partial charge in [-0.2, -0.15) is 0 Å². The molecule has 0 aliphatic heterocycles. The Labute approximate surface area is 141 Å². The minimum atomic E-state index is -0.109. The minimum Gasteiger partial charge on any atom is -0.495 e. The van der Waals surface area contributed by atoms with Gasteiger partial charge in [-0.05, 0) is 49.4 Å². The minimum absolute atomic E-state index is 0.109. The molecule has 0 saturated heterocycles. The maximum atomic E-state index is 12.2. The number of carbonyl (C=O) groups is 1. The Morgan fingerprint density at radius 2 is 2.04 bits per heavy atom. The number of methoxy groups -OCH3 is 1. The van der Waals surface area contributed by atoms with Crippen LogP contribution >= 0.6 is 11.6 Å². The topological polar surface area (TPSA) is 54.5 Å². The van der Waals surface area contributed by atoms with E-state index in [9.17, 15) is 4.79 Å². The second-order valence-corrected chi connectivity index (χ2v) is 5.67. The summed E-state index contributed by atoms with van der Waals surface area (Å²) in [6.07, 6.45) is 4.41. The molecule has 0 radical (unpaired) electrons. The number of likely N-dealkylation sites (N-methyl/N-ethyl adjacent to an activating group) is 1. The Kier molecular flexibility index (Phi) is 6.38. The van der Waals surface area contributed by atoms with Crippen LogP contribution in [-0.4, -0.2) is 43.0 Å². The van der Waals surface area contributed by atoms with E-state index in [2.05, 4.69) is 10.3 Å². The summed E-state index contributed by atoms with van der Waals surface area (Å²) in [6, 6.07) is 9.08. The van der Waals surface area contributed by atoms with E-state index in [-0.39, 0.29) is 5.91 Å². The molecule has 0 atom stereocenters. The molecule has 1 aromatic heterocycles. The van der Waals surface area contributed by atoms with Gasteiger partial charge in [0.15, 0.2) is 0 Å². The van der Waals surface area contributed by atoms with Crippen LogP contribution in [0.15, 0.2) is 42.7 Å². The molecule has 0 fully saturated rings. The summed E-state index contributed by atoms with van der Waals surface area (Å²) in [7, 11) is 3.47. The van der Waals surface area contributed by atoms with Gasteiger partial charge in [0.05, 0.1) is 19.3 Å². The number of pyridine rings is 1. The predicted octanol–water partition coefficient (Wildman–Crippen LogP) is 2.86. The van der Waals surface area contributed by atoms with Gasteiger partial charge in [0, 0.05) is 24.0 Å². The van der Waals surface area contributed by atoms with Crippen molar-refractivity contribution in [2.75, 3.05) is 32.6 Å². The van der Waals surface area contributed by atoms with Gasteiger partial charge in [-0.15, -0.1) is 0 Å². The highest BCUT2D eigenvalue weighted by molar-refractivity contribution is 6.31. The first-order chi connectivity index (χ1) is 11.1. The summed E-state index contributed by atoms with van der Waals surface area (Å²) in [5, 5.41) is 3.38. The van der Waals surface area contributed by atoms with E-state index < -0.39 is 0 Å². The number of hydrogen-bond donors (Lipinski definition) is 1. The summed E-state index contributed by atoms with van der Waals surface area (Å²) in [6.45, 7) is 1.07. The van der Waals surface area contributed by atoms with Crippen molar-refractivity contribution in [1.82, 2.24) is 9.88 Å². The Morgan fingerprint density at radius 1 is 1.30 bits per heavy atom. The zero-order chi connectivity index (χ0) is 16.7. The van der Waals surface area contributed by atoms with Gasteiger partial charge in [0.25, 0.3) is 0 Å². The molecule has 0 aliphatic carbocycles. The van der Waals surface area contributed by atoms with E-state index in [0.717, 1.165) is 13.0 Å². The monoisotopic (exact) mass is 333 g/mol. The summed E-state index contributed by atoms with van der Waals surface area (Å²) in [4.78, 5) is 18.1. The van der Waals surface area contributed by atoms with Crippen molar-refractivity contribution in [3.8, 4) is 5.75 Å². The Bertz CT molecular complexity index is 650. The van der Waals surface area contributed by atoms with Crippen molar-refractivity contribution >= 4 is 23.2 Å². The third kappa shape index (κ3) is 5.54. The molecule has 1 heterocycles. The van der Waals surface area contributed by atoms with Crippen LogP contribution in [0.1, 0.15) is 5.56 Å². The molecule has 0 unspecified atom stereocenters. The molecule has 1 aromatic carbocycles. The number of halogens is 1. The van der Waals surface area contributed by atoms with E-state index in [4.69, 9.17) is 16.3 Å². The first-order valence-electron chi connectivity index (χ1n) is 7.29. The van der Waals surface area contributed by atoms with Gasteiger partial charge in [-0.1, -0.05) is 11.6 Å². The largest absolute Gasteiger partial charge is 0.495 e. The predicted molar refractivity (Wildman–Crippen MR) is 92.1 cm³/mol. The summed E-state index contributed by atoms with van der Waals surface area (Å²) < 4.78 is 5.22. The van der Waals surface area contributed by atoms with E-state index >= 15 is 0 Å². The molecule has 0 bridgehead atoms. The highest BCUT2D eigenvalue weighted by atomic mass is 35.5. The molecule has 1 N–H and O–H groups in total. The fourth-order valence-electron chi connectivity index (χ4n) is 2.16. The lowest BCUT2D eigenvalue weighted by Crippen LogP contribution is -2.31. The lowest BCUT2D eigenvalue weighted by atomic mass is 10.2. The summed E-state index contributed by atoms with van der Waals surface area (Å²) in [5.41, 5.74) is 1.77. The number of anilines is 1. The summed E-state index contributed by atoms with van der Waals surface area (Å²) in [5.74, 6) is 0.477. The van der Waals surface area contributed by atoms with Crippen LogP contribution in [0.3, 0.4) is 0 Å². The van der Waals surface area contributed by atoms with Crippen LogP contribution in [-0.2, 0) is 11.2 Å². The molecule has 0 spiro atoms. The average Bonchev–Trinajstić information content (AvgIpc) is 2.54. The zero-order valence-corrected chi connectivity index (χ0v) is 14.0. The fraction of sp³-hybridized carbons (Fsp3) is 0.294. The van der Waals surface area contributed by atoms with E-state index in [0.29, 0.717) is 23.0 Å². The second kappa shape index (κ2) is 8.50. The Hall–Kier alpha value is -2.11. The number of nitrogens with zero attached hydrogens (tertiary/aromatic N) is 2. The molecule has 0 aliphatic rings. The van der Waals surface area contributed by atoms with Gasteiger partial charge >= 0.3 is 0 Å². The highest BCUT2D eigenvalue weighted by Crippen LogP contribution is 2.27. The smallest absolute Gasteiger partial charge is 0.238 e. The highest BCUT2D eigenvalue weighted by Gasteiger charge is 2.10. The SMILES string of the molecule is COc1ccc(Cl)cc1NC(=O)CN(C)CCc1ccncc1. The first-order valence-corrected chi connectivity index (χ1v) is 7.67. The second-order valence-electron chi connectivity index (χ2n) is 5.24. The third-order valence-electron chi connectivity index (χ3n) is 3.38. The molecule has 2 aromatic rings. The van der Waals surface area contributed by atoms with Crippen molar-refractivity contribution in [3.05, 3.63) is 53.3 Å². The molecule has 0 saturated carbocycles. The van der Waals surface area contributed by atoms with Crippen LogP contribution in [0.4, 0.5) is 5.69 Å². The van der Waals surface area contributed by atoms with E-state index in [1.165, 1.54) is 5.56 Å². The van der Waals surface area contributed by atoms with Crippen LogP contribution in [0.2, 0.25) is 5.02 Å². The van der Waals surface area contributed by atoms with Crippen LogP contribution < -0.4 is 10.1 Å². The average molecular weight is 334 g/mol. The number of rotatable bonds is 7. The molecule has 2 rings (SSSR count). The van der Waals surface area contributed by atoms with Crippen molar-refractivity contribution < 1.29 is 9.53 Å². The molecule has 5 nitrogen and oxygen atoms in total. The standard InChI is InChI=1S/C17H20ClN3O2/c1-21(10-7-13-5-8-19-9-6-13)12-17(22)20-15-11-14(18)3-4-16(15)23-2/h3-6,8-9,11H,7,10,12H2,1-2H3,(H,20,22). The van der Waals surface area contributed by atoms with E-state index in [1.54, 1.807) is 37.7 Å². The molecule has 23 heavy (non-hydrogen) atoms. The van der Waals surface area contributed by atoms with Crippen molar-refractivity contribution in [3.63, 3.8) is 0 Å². The number of ether oxygens (including phenoxy) is 1. The normalized spacial score (nSPS) is 10.6. The van der Waals surface area contributed by atoms with Crippen LogP contribution in [0, 0.1) is 0 Å². The molecule has 1 amide bonds. The number of carbonyl (C=O) groups excluding carboxylic acids is 1. The van der Waals surface area contributed by atoms with Crippen molar-refractivity contribution in [2.24, 2.45) is 0 Å². The number of amides is 1. The Morgan fingerprint density at radius 3 is 2.74 bits per heavy atom. The van der Waals surface area contributed by atoms with Crippen LogP contribution in [0.25, 0.3) is 0 Å². The first kappa shape index (κ1) is 17.2. The number of nitrogens with one attached hydrogen (secondary N) is 1. The third-order valence-corrected chi connectivity index (χ3v) is 3.62. The van der Waals surface area contributed by atoms with Gasteiger partial charge in [0.1, 0.15) is 5.75 Å². The van der Waals surface area contributed by atoms with Gasteiger partial charge in [0.2, 0.25) is 5.91 Å². The molecular weight excluding hydrogens is 314 g/mol. The number of hydrogen-bond acceptors (Lipinski definition) is 4. The summed E-state index contributed by atoms with van der Waals surface area (Å²) >= 11 is 5.96. The Balaban J connectivity index is 1.85. The fourth-order valence-corrected chi connectivity index (χ4v) is 2.33. The molecular formula is C17H20ClN3O2.